The standard InChI is InChI=1S/C12H11Cl2N3O2S/c1-7-4-9(6-16-12(7)14)17-20(18,19)11-3-2-8(13)5-10(11)15/h2-6,17H,15H2,1H3. The van der Waals surface area contributed by atoms with Gasteiger partial charge < -0.3 is 5.73 Å². The molecule has 2 rings (SSSR count). The van der Waals surface area contributed by atoms with E-state index in [2.05, 4.69) is 9.71 Å². The minimum Gasteiger partial charge on any atom is -0.398 e. The van der Waals surface area contributed by atoms with Crippen LogP contribution in [0.25, 0.3) is 0 Å². The molecule has 0 amide bonds. The van der Waals surface area contributed by atoms with E-state index in [0.29, 0.717) is 21.4 Å². The van der Waals surface area contributed by atoms with E-state index in [1.54, 1.807) is 13.0 Å². The summed E-state index contributed by atoms with van der Waals surface area (Å²) < 4.78 is 26.9. The Balaban J connectivity index is 2.38. The number of halogens is 2. The highest BCUT2D eigenvalue weighted by Gasteiger charge is 2.18. The predicted octanol–water partition coefficient (Wildman–Crippen LogP) is 3.08. The van der Waals surface area contributed by atoms with Gasteiger partial charge in [-0.05, 0) is 36.8 Å². The molecule has 20 heavy (non-hydrogen) atoms. The van der Waals surface area contributed by atoms with Gasteiger partial charge in [0.1, 0.15) is 10.0 Å². The lowest BCUT2D eigenvalue weighted by molar-refractivity contribution is 0.601. The number of pyridine rings is 1. The number of nitrogens with zero attached hydrogens (tertiary/aromatic N) is 1. The topological polar surface area (TPSA) is 85.1 Å². The Labute approximate surface area is 126 Å². The fourth-order valence-corrected chi connectivity index (χ4v) is 3.02. The zero-order chi connectivity index (χ0) is 14.9. The molecule has 0 bridgehead atoms. The Bertz CT molecular complexity index is 763. The molecule has 0 saturated heterocycles. The number of benzene rings is 1. The Hall–Kier alpha value is -1.50. The Morgan fingerprint density at radius 2 is 1.95 bits per heavy atom. The number of nitrogen functional groups attached to an aromatic ring is 1. The molecular weight excluding hydrogens is 321 g/mol. The molecule has 0 fully saturated rings. The van der Waals surface area contributed by atoms with Gasteiger partial charge in [-0.3, -0.25) is 4.72 Å². The van der Waals surface area contributed by atoms with Crippen LogP contribution in [-0.2, 0) is 10.0 Å². The summed E-state index contributed by atoms with van der Waals surface area (Å²) in [5, 5.41) is 0.685. The van der Waals surface area contributed by atoms with Gasteiger partial charge in [-0.2, -0.15) is 0 Å². The number of rotatable bonds is 3. The minimum atomic E-state index is -3.81. The second-order valence-corrected chi connectivity index (χ2v) is 6.56. The Kier molecular flexibility index (Phi) is 4.08. The van der Waals surface area contributed by atoms with Gasteiger partial charge in [0.05, 0.1) is 17.6 Å². The molecule has 8 heteroatoms. The highest BCUT2D eigenvalue weighted by Crippen LogP contribution is 2.25. The molecule has 1 heterocycles. The molecule has 0 aliphatic heterocycles. The minimum absolute atomic E-state index is 0.0468. The highest BCUT2D eigenvalue weighted by atomic mass is 35.5. The summed E-state index contributed by atoms with van der Waals surface area (Å²) in [6, 6.07) is 5.76. The van der Waals surface area contributed by atoms with Crippen molar-refractivity contribution in [3.8, 4) is 0 Å². The van der Waals surface area contributed by atoms with Crippen LogP contribution in [0.15, 0.2) is 35.4 Å². The van der Waals surface area contributed by atoms with Gasteiger partial charge >= 0.3 is 0 Å². The maximum atomic E-state index is 12.2. The molecule has 0 atom stereocenters. The number of aromatic nitrogens is 1. The zero-order valence-electron chi connectivity index (χ0n) is 10.4. The van der Waals surface area contributed by atoms with Gasteiger partial charge in [-0.1, -0.05) is 23.2 Å². The van der Waals surface area contributed by atoms with Crippen LogP contribution in [0.2, 0.25) is 10.2 Å². The van der Waals surface area contributed by atoms with Gasteiger partial charge in [0.25, 0.3) is 10.0 Å². The van der Waals surface area contributed by atoms with Crippen LogP contribution in [0, 0.1) is 6.92 Å². The van der Waals surface area contributed by atoms with E-state index in [1.165, 1.54) is 24.4 Å². The zero-order valence-corrected chi connectivity index (χ0v) is 12.7. The van der Waals surface area contributed by atoms with E-state index in [-0.39, 0.29) is 10.6 Å². The maximum absolute atomic E-state index is 12.2. The average molecular weight is 332 g/mol. The number of nitrogens with two attached hydrogens (primary N) is 1. The van der Waals surface area contributed by atoms with E-state index in [1.807, 2.05) is 0 Å². The van der Waals surface area contributed by atoms with Gasteiger partial charge in [0, 0.05) is 5.02 Å². The van der Waals surface area contributed by atoms with Crippen molar-refractivity contribution >= 4 is 44.6 Å². The summed E-state index contributed by atoms with van der Waals surface area (Å²) in [4.78, 5) is 3.83. The first-order valence-corrected chi connectivity index (χ1v) is 7.73. The van der Waals surface area contributed by atoms with Crippen molar-refractivity contribution in [3.63, 3.8) is 0 Å². The van der Waals surface area contributed by atoms with Crippen molar-refractivity contribution < 1.29 is 8.42 Å². The second kappa shape index (κ2) is 5.47. The van der Waals surface area contributed by atoms with Crippen molar-refractivity contribution in [1.29, 1.82) is 0 Å². The first-order chi connectivity index (χ1) is 9.29. The third kappa shape index (κ3) is 3.15. The van der Waals surface area contributed by atoms with Crippen LogP contribution in [0.5, 0.6) is 0 Å². The maximum Gasteiger partial charge on any atom is 0.263 e. The molecule has 106 valence electrons. The van der Waals surface area contributed by atoms with Crippen LogP contribution >= 0.6 is 23.2 Å². The SMILES string of the molecule is Cc1cc(NS(=O)(=O)c2ccc(Cl)cc2N)cnc1Cl. The van der Waals surface area contributed by atoms with E-state index in [4.69, 9.17) is 28.9 Å². The largest absolute Gasteiger partial charge is 0.398 e. The molecule has 0 unspecified atom stereocenters. The summed E-state index contributed by atoms with van der Waals surface area (Å²) in [6.07, 6.45) is 1.33. The number of sulfonamides is 1. The van der Waals surface area contributed by atoms with E-state index in [9.17, 15) is 8.42 Å². The quantitative estimate of drug-likeness (QED) is 0.668. The summed E-state index contributed by atoms with van der Waals surface area (Å²) >= 11 is 11.5. The smallest absolute Gasteiger partial charge is 0.263 e. The van der Waals surface area contributed by atoms with Crippen LogP contribution in [0.1, 0.15) is 5.56 Å². The van der Waals surface area contributed by atoms with Gasteiger partial charge in [-0.25, -0.2) is 13.4 Å². The molecule has 0 aliphatic rings. The third-order valence-corrected chi connectivity index (χ3v) is 4.61. The van der Waals surface area contributed by atoms with Crippen LogP contribution in [0.4, 0.5) is 11.4 Å². The fourth-order valence-electron chi connectivity index (χ4n) is 1.59. The molecule has 3 N–H and O–H groups in total. The Morgan fingerprint density at radius 3 is 2.55 bits per heavy atom. The molecule has 1 aromatic heterocycles. The summed E-state index contributed by atoms with van der Waals surface area (Å²) in [6.45, 7) is 1.73. The lowest BCUT2D eigenvalue weighted by Crippen LogP contribution is -2.15. The summed E-state index contributed by atoms with van der Waals surface area (Å²) in [5.41, 5.74) is 6.72. The van der Waals surface area contributed by atoms with Crippen molar-refractivity contribution in [2.45, 2.75) is 11.8 Å². The number of hydrogen-bond acceptors (Lipinski definition) is 4. The third-order valence-electron chi connectivity index (χ3n) is 2.53. The van der Waals surface area contributed by atoms with E-state index in [0.717, 1.165) is 0 Å². The molecule has 1 aromatic carbocycles. The highest BCUT2D eigenvalue weighted by molar-refractivity contribution is 7.92. The van der Waals surface area contributed by atoms with Crippen molar-refractivity contribution in [3.05, 3.63) is 46.2 Å². The summed E-state index contributed by atoms with van der Waals surface area (Å²) in [7, 11) is -3.81. The van der Waals surface area contributed by atoms with Crippen LogP contribution in [-0.4, -0.2) is 13.4 Å². The Morgan fingerprint density at radius 1 is 1.25 bits per heavy atom. The molecule has 0 saturated carbocycles. The normalized spacial score (nSPS) is 11.3. The van der Waals surface area contributed by atoms with Gasteiger partial charge in [0.15, 0.2) is 0 Å². The molecule has 5 nitrogen and oxygen atoms in total. The second-order valence-electron chi connectivity index (χ2n) is 4.12. The molecular formula is C12H11Cl2N3O2S. The molecule has 0 aliphatic carbocycles. The number of aryl methyl sites for hydroxylation is 1. The van der Waals surface area contributed by atoms with Gasteiger partial charge in [0.2, 0.25) is 0 Å². The van der Waals surface area contributed by atoms with Crippen molar-refractivity contribution in [2.75, 3.05) is 10.5 Å². The van der Waals surface area contributed by atoms with Crippen LogP contribution < -0.4 is 10.5 Å². The van der Waals surface area contributed by atoms with Crippen LogP contribution in [0.3, 0.4) is 0 Å². The molecule has 2 aromatic rings. The average Bonchev–Trinajstić information content (AvgIpc) is 2.33. The van der Waals surface area contributed by atoms with Gasteiger partial charge in [-0.15, -0.1) is 0 Å². The predicted molar refractivity (Wildman–Crippen MR) is 80.7 cm³/mol. The van der Waals surface area contributed by atoms with E-state index >= 15 is 0 Å². The van der Waals surface area contributed by atoms with E-state index < -0.39 is 10.0 Å². The number of nitrogens with one attached hydrogen (secondary N) is 1. The summed E-state index contributed by atoms with van der Waals surface area (Å²) in [5.74, 6) is 0. The molecule has 0 radical (unpaired) electrons. The number of anilines is 2. The lowest BCUT2D eigenvalue weighted by atomic mass is 10.3. The lowest BCUT2D eigenvalue weighted by Gasteiger charge is -2.10. The monoisotopic (exact) mass is 331 g/mol. The first kappa shape index (κ1) is 14.9. The number of hydrogen-bond donors (Lipinski definition) is 2. The van der Waals surface area contributed by atoms with Crippen molar-refractivity contribution in [1.82, 2.24) is 4.98 Å². The first-order valence-electron chi connectivity index (χ1n) is 5.49. The van der Waals surface area contributed by atoms with Crippen molar-refractivity contribution in [2.24, 2.45) is 0 Å². The molecule has 0 spiro atoms. The fraction of sp³-hybridized carbons (Fsp3) is 0.0833.